The molecule has 0 aliphatic heterocycles. The van der Waals surface area contributed by atoms with E-state index in [1.165, 1.54) is 11.1 Å². The van der Waals surface area contributed by atoms with Gasteiger partial charge in [-0.1, -0.05) is 31.2 Å². The van der Waals surface area contributed by atoms with Crippen molar-refractivity contribution in [3.05, 3.63) is 59.2 Å². The number of ether oxygens (including phenoxy) is 2. The third-order valence-corrected chi connectivity index (χ3v) is 4.78. The molecule has 0 saturated carbocycles. The monoisotopic (exact) mass is 357 g/mol. The van der Waals surface area contributed by atoms with Crippen molar-refractivity contribution in [1.82, 2.24) is 0 Å². The van der Waals surface area contributed by atoms with Crippen LogP contribution in [0.3, 0.4) is 0 Å². The van der Waals surface area contributed by atoms with E-state index in [1.54, 1.807) is 7.11 Å². The predicted molar refractivity (Wildman–Crippen MR) is 106 cm³/mol. The molecule has 0 saturated heterocycles. The predicted octanol–water partition coefficient (Wildman–Crippen LogP) is 3.83. The van der Waals surface area contributed by atoms with Gasteiger partial charge in [-0.15, -0.1) is 0 Å². The SMILES string of the molecule is CC[C@H](CC(N)CO)c1ccc(OCCc2ccc(OC)c(C)c2)cc1. The summed E-state index contributed by atoms with van der Waals surface area (Å²) in [5.74, 6) is 2.16. The highest BCUT2D eigenvalue weighted by atomic mass is 16.5. The number of aryl methyl sites for hydroxylation is 1. The van der Waals surface area contributed by atoms with Crippen LogP contribution in [0.15, 0.2) is 42.5 Å². The lowest BCUT2D eigenvalue weighted by Crippen LogP contribution is -2.26. The van der Waals surface area contributed by atoms with E-state index in [1.807, 2.05) is 18.2 Å². The second-order valence-corrected chi connectivity index (χ2v) is 6.75. The maximum atomic E-state index is 9.16. The smallest absolute Gasteiger partial charge is 0.121 e. The van der Waals surface area contributed by atoms with Gasteiger partial charge in [0, 0.05) is 12.5 Å². The lowest BCUT2D eigenvalue weighted by molar-refractivity contribution is 0.253. The van der Waals surface area contributed by atoms with Gasteiger partial charge in [-0.2, -0.15) is 0 Å². The van der Waals surface area contributed by atoms with Crippen LogP contribution in [-0.2, 0) is 6.42 Å². The van der Waals surface area contributed by atoms with E-state index in [4.69, 9.17) is 20.3 Å². The van der Waals surface area contributed by atoms with E-state index in [-0.39, 0.29) is 12.6 Å². The second kappa shape index (κ2) is 10.2. The van der Waals surface area contributed by atoms with Crippen LogP contribution < -0.4 is 15.2 Å². The van der Waals surface area contributed by atoms with Crippen molar-refractivity contribution in [1.29, 1.82) is 0 Å². The van der Waals surface area contributed by atoms with Crippen LogP contribution in [-0.4, -0.2) is 31.5 Å². The molecule has 0 aliphatic rings. The van der Waals surface area contributed by atoms with Gasteiger partial charge in [0.05, 0.1) is 20.3 Å². The Bertz CT molecular complexity index is 670. The van der Waals surface area contributed by atoms with Crippen LogP contribution in [0.4, 0.5) is 0 Å². The van der Waals surface area contributed by atoms with Gasteiger partial charge in [0.25, 0.3) is 0 Å². The molecule has 26 heavy (non-hydrogen) atoms. The van der Waals surface area contributed by atoms with Crippen LogP contribution >= 0.6 is 0 Å². The summed E-state index contributed by atoms with van der Waals surface area (Å²) in [5, 5.41) is 9.16. The highest BCUT2D eigenvalue weighted by Gasteiger charge is 2.13. The Hall–Kier alpha value is -2.04. The molecular formula is C22H31NO3. The van der Waals surface area contributed by atoms with Gasteiger partial charge in [-0.3, -0.25) is 0 Å². The first-order chi connectivity index (χ1) is 12.6. The summed E-state index contributed by atoms with van der Waals surface area (Å²) in [6, 6.07) is 14.3. The summed E-state index contributed by atoms with van der Waals surface area (Å²) in [4.78, 5) is 0. The summed E-state index contributed by atoms with van der Waals surface area (Å²) in [5.41, 5.74) is 9.51. The molecule has 0 aromatic heterocycles. The van der Waals surface area contributed by atoms with Crippen molar-refractivity contribution in [2.75, 3.05) is 20.3 Å². The largest absolute Gasteiger partial charge is 0.496 e. The zero-order valence-electron chi connectivity index (χ0n) is 16.1. The first kappa shape index (κ1) is 20.3. The molecule has 0 radical (unpaired) electrons. The Morgan fingerprint density at radius 3 is 2.42 bits per heavy atom. The Morgan fingerprint density at radius 2 is 1.85 bits per heavy atom. The molecule has 142 valence electrons. The highest BCUT2D eigenvalue weighted by Crippen LogP contribution is 2.26. The van der Waals surface area contributed by atoms with E-state index >= 15 is 0 Å². The molecule has 0 aliphatic carbocycles. The average Bonchev–Trinajstić information content (AvgIpc) is 2.66. The molecule has 2 aromatic carbocycles. The van der Waals surface area contributed by atoms with Crippen LogP contribution in [0.25, 0.3) is 0 Å². The number of methoxy groups -OCH3 is 1. The van der Waals surface area contributed by atoms with Crippen molar-refractivity contribution in [2.24, 2.45) is 5.73 Å². The quantitative estimate of drug-likeness (QED) is 0.678. The molecule has 2 aromatic rings. The van der Waals surface area contributed by atoms with Crippen LogP contribution in [0.2, 0.25) is 0 Å². The van der Waals surface area contributed by atoms with E-state index < -0.39 is 0 Å². The first-order valence-corrected chi connectivity index (χ1v) is 9.30. The minimum absolute atomic E-state index is 0.0303. The lowest BCUT2D eigenvalue weighted by Gasteiger charge is -2.19. The number of benzene rings is 2. The molecule has 4 heteroatoms. The summed E-state index contributed by atoms with van der Waals surface area (Å²) < 4.78 is 11.2. The molecule has 4 nitrogen and oxygen atoms in total. The standard InChI is InChI=1S/C22H31NO3/c1-4-18(14-20(23)15-24)19-6-8-21(9-7-19)26-12-11-17-5-10-22(25-3)16(2)13-17/h5-10,13,18,20,24H,4,11-12,14-15,23H2,1-3H3/t18-,20?/m1/s1. The normalized spacial score (nSPS) is 13.3. The fourth-order valence-corrected chi connectivity index (χ4v) is 3.20. The molecule has 2 rings (SSSR count). The minimum Gasteiger partial charge on any atom is -0.496 e. The van der Waals surface area contributed by atoms with Crippen molar-refractivity contribution in [3.8, 4) is 11.5 Å². The molecule has 0 heterocycles. The van der Waals surface area contributed by atoms with E-state index in [9.17, 15) is 0 Å². The second-order valence-electron chi connectivity index (χ2n) is 6.75. The maximum absolute atomic E-state index is 9.16. The number of nitrogens with two attached hydrogens (primary N) is 1. The van der Waals surface area contributed by atoms with Crippen molar-refractivity contribution < 1.29 is 14.6 Å². The minimum atomic E-state index is -0.163. The van der Waals surface area contributed by atoms with Gasteiger partial charge < -0.3 is 20.3 Å². The van der Waals surface area contributed by atoms with E-state index in [0.29, 0.717) is 12.5 Å². The van der Waals surface area contributed by atoms with E-state index in [0.717, 1.165) is 36.3 Å². The number of aliphatic hydroxyl groups is 1. The Morgan fingerprint density at radius 1 is 1.12 bits per heavy atom. The zero-order valence-corrected chi connectivity index (χ0v) is 16.1. The highest BCUT2D eigenvalue weighted by molar-refractivity contribution is 5.36. The van der Waals surface area contributed by atoms with Gasteiger partial charge in [-0.05, 0) is 60.6 Å². The molecule has 1 unspecified atom stereocenters. The molecular weight excluding hydrogens is 326 g/mol. The lowest BCUT2D eigenvalue weighted by atomic mass is 9.90. The van der Waals surface area contributed by atoms with Gasteiger partial charge in [-0.25, -0.2) is 0 Å². The fourth-order valence-electron chi connectivity index (χ4n) is 3.20. The first-order valence-electron chi connectivity index (χ1n) is 9.30. The number of rotatable bonds is 10. The third-order valence-electron chi connectivity index (χ3n) is 4.78. The molecule has 0 fully saturated rings. The number of hydrogen-bond acceptors (Lipinski definition) is 4. The van der Waals surface area contributed by atoms with E-state index in [2.05, 4.69) is 38.1 Å². The molecule has 3 N–H and O–H groups in total. The third kappa shape index (κ3) is 5.75. The topological polar surface area (TPSA) is 64.7 Å². The molecule has 0 amide bonds. The molecule has 2 atom stereocenters. The number of hydrogen-bond donors (Lipinski definition) is 2. The number of aliphatic hydroxyl groups excluding tert-OH is 1. The maximum Gasteiger partial charge on any atom is 0.121 e. The zero-order chi connectivity index (χ0) is 18.9. The van der Waals surface area contributed by atoms with Crippen molar-refractivity contribution >= 4 is 0 Å². The Balaban J connectivity index is 1.87. The summed E-state index contributed by atoms with van der Waals surface area (Å²) in [7, 11) is 1.69. The fraction of sp³-hybridized carbons (Fsp3) is 0.455. The van der Waals surface area contributed by atoms with Crippen molar-refractivity contribution in [2.45, 2.75) is 45.1 Å². The van der Waals surface area contributed by atoms with Crippen LogP contribution in [0.1, 0.15) is 42.4 Å². The summed E-state index contributed by atoms with van der Waals surface area (Å²) >= 11 is 0. The summed E-state index contributed by atoms with van der Waals surface area (Å²) in [6.07, 6.45) is 2.66. The molecule has 0 spiro atoms. The Kier molecular flexibility index (Phi) is 7.95. The Labute approximate surface area is 156 Å². The van der Waals surface area contributed by atoms with Crippen LogP contribution in [0.5, 0.6) is 11.5 Å². The van der Waals surface area contributed by atoms with Gasteiger partial charge in [0.1, 0.15) is 11.5 Å². The molecule has 0 bridgehead atoms. The van der Waals surface area contributed by atoms with Gasteiger partial charge >= 0.3 is 0 Å². The summed E-state index contributed by atoms with van der Waals surface area (Å²) in [6.45, 7) is 4.87. The van der Waals surface area contributed by atoms with Gasteiger partial charge in [0.15, 0.2) is 0 Å². The average molecular weight is 357 g/mol. The van der Waals surface area contributed by atoms with Crippen molar-refractivity contribution in [3.63, 3.8) is 0 Å². The van der Waals surface area contributed by atoms with Crippen LogP contribution in [0, 0.1) is 6.92 Å². The van der Waals surface area contributed by atoms with Gasteiger partial charge in [0.2, 0.25) is 0 Å².